The van der Waals surface area contributed by atoms with E-state index in [9.17, 15) is 20.1 Å². The van der Waals surface area contributed by atoms with Gasteiger partial charge in [-0.25, -0.2) is 0 Å². The Hall–Kier alpha value is -2.39. The minimum Gasteiger partial charge on any atom is -0.469 e. The molecule has 1 saturated carbocycles. The predicted octanol–water partition coefficient (Wildman–Crippen LogP) is 2.60. The summed E-state index contributed by atoms with van der Waals surface area (Å²) in [6.07, 6.45) is 7.95. The predicted molar refractivity (Wildman–Crippen MR) is 112 cm³/mol. The summed E-state index contributed by atoms with van der Waals surface area (Å²) in [4.78, 5) is 11.1. The lowest BCUT2D eigenvalue weighted by Gasteiger charge is -2.19. The van der Waals surface area contributed by atoms with Crippen molar-refractivity contribution in [2.45, 2.75) is 50.4 Å². The lowest BCUT2D eigenvalue weighted by Crippen LogP contribution is -2.20. The van der Waals surface area contributed by atoms with E-state index in [2.05, 4.69) is 16.6 Å². The van der Waals surface area contributed by atoms with Gasteiger partial charge in [0.05, 0.1) is 19.3 Å². The first-order valence-electron chi connectivity index (χ1n) is 10.0. The van der Waals surface area contributed by atoms with Crippen LogP contribution < -0.4 is 0 Å². The van der Waals surface area contributed by atoms with E-state index in [1.807, 2.05) is 42.5 Å². The van der Waals surface area contributed by atoms with Crippen LogP contribution in [-0.2, 0) is 9.53 Å². The van der Waals surface area contributed by atoms with Gasteiger partial charge in [-0.3, -0.25) is 4.79 Å². The first-order chi connectivity index (χ1) is 14.0. The molecule has 0 aliphatic heterocycles. The summed E-state index contributed by atoms with van der Waals surface area (Å²) in [6, 6.07) is 9.41. The molecule has 0 unspecified atom stereocenters. The van der Waals surface area contributed by atoms with Crippen LogP contribution >= 0.6 is 0 Å². The van der Waals surface area contributed by atoms with Gasteiger partial charge in [-0.1, -0.05) is 48.3 Å². The highest BCUT2D eigenvalue weighted by Crippen LogP contribution is 2.36. The van der Waals surface area contributed by atoms with E-state index in [0.29, 0.717) is 25.7 Å². The van der Waals surface area contributed by atoms with Gasteiger partial charge in [0.15, 0.2) is 0 Å². The topological polar surface area (TPSA) is 87.0 Å². The highest BCUT2D eigenvalue weighted by atomic mass is 16.5. The number of methoxy groups -OCH3 is 1. The van der Waals surface area contributed by atoms with Crippen LogP contribution in [0.1, 0.15) is 37.7 Å². The van der Waals surface area contributed by atoms with Crippen molar-refractivity contribution in [1.82, 2.24) is 0 Å². The number of aliphatic hydroxyl groups excluding tert-OH is 3. The zero-order valence-corrected chi connectivity index (χ0v) is 16.8. The van der Waals surface area contributed by atoms with Gasteiger partial charge in [0, 0.05) is 24.3 Å². The Kier molecular flexibility index (Phi) is 9.66. The summed E-state index contributed by atoms with van der Waals surface area (Å²) in [5.41, 5.74) is 0.825. The third-order valence-corrected chi connectivity index (χ3v) is 5.12. The molecule has 1 fully saturated rings. The van der Waals surface area contributed by atoms with Crippen LogP contribution in [0.3, 0.4) is 0 Å². The highest BCUT2D eigenvalue weighted by Gasteiger charge is 2.39. The van der Waals surface area contributed by atoms with E-state index in [-0.39, 0.29) is 17.8 Å². The van der Waals surface area contributed by atoms with Crippen molar-refractivity contribution in [2.75, 3.05) is 7.11 Å². The number of benzene rings is 1. The van der Waals surface area contributed by atoms with Crippen LogP contribution in [0, 0.1) is 23.7 Å². The summed E-state index contributed by atoms with van der Waals surface area (Å²) in [6.45, 7) is 0. The van der Waals surface area contributed by atoms with E-state index in [4.69, 9.17) is 0 Å². The molecule has 0 spiro atoms. The lowest BCUT2D eigenvalue weighted by molar-refractivity contribution is -0.140. The van der Waals surface area contributed by atoms with Crippen molar-refractivity contribution in [3.05, 3.63) is 60.2 Å². The maximum Gasteiger partial charge on any atom is 0.305 e. The number of unbranched alkanes of at least 4 members (excludes halogenated alkanes) is 1. The van der Waals surface area contributed by atoms with Crippen LogP contribution in [0.4, 0.5) is 0 Å². The molecule has 5 heteroatoms. The van der Waals surface area contributed by atoms with Gasteiger partial charge in [-0.2, -0.15) is 0 Å². The van der Waals surface area contributed by atoms with Crippen molar-refractivity contribution in [3.8, 4) is 11.8 Å². The molecule has 0 bridgehead atoms. The first kappa shape index (κ1) is 22.9. The second kappa shape index (κ2) is 12.2. The van der Waals surface area contributed by atoms with Gasteiger partial charge >= 0.3 is 5.97 Å². The maximum absolute atomic E-state index is 11.1. The molecule has 1 aliphatic carbocycles. The third kappa shape index (κ3) is 7.86. The second-order valence-electron chi connectivity index (χ2n) is 7.25. The standard InChI is InChI=1S/C24H30O5/c1-29-24(28)12-8-3-2-7-11-20-21(23(27)17-22(20)26)16-15-19(25)14-13-18-9-5-4-6-10-18/h2,4-7,9-10,15-16,19-23,25-27H,3,8,11-12,17H2,1H3/b7-2-,16-15+/t19-,20+,21+,22-,23+/m0/s1. The molecule has 0 amide bonds. The van der Waals surface area contributed by atoms with Crippen LogP contribution in [0.2, 0.25) is 0 Å². The molecule has 0 aromatic heterocycles. The van der Waals surface area contributed by atoms with Crippen molar-refractivity contribution in [2.24, 2.45) is 11.8 Å². The van der Waals surface area contributed by atoms with Crippen LogP contribution in [0.15, 0.2) is 54.6 Å². The Morgan fingerprint density at radius 3 is 2.72 bits per heavy atom. The molecule has 156 valence electrons. The minimum atomic E-state index is -0.935. The van der Waals surface area contributed by atoms with E-state index in [0.717, 1.165) is 12.0 Å². The zero-order chi connectivity index (χ0) is 21.1. The average molecular weight is 398 g/mol. The van der Waals surface area contributed by atoms with Crippen LogP contribution in [-0.4, -0.2) is 46.7 Å². The quantitative estimate of drug-likeness (QED) is 0.271. The fourth-order valence-electron chi connectivity index (χ4n) is 3.50. The molecule has 1 aliphatic rings. The molecule has 2 rings (SSSR count). The number of rotatable bonds is 8. The van der Waals surface area contributed by atoms with E-state index >= 15 is 0 Å². The molecule has 5 nitrogen and oxygen atoms in total. The van der Waals surface area contributed by atoms with Crippen molar-refractivity contribution >= 4 is 5.97 Å². The van der Waals surface area contributed by atoms with Crippen LogP contribution in [0.25, 0.3) is 0 Å². The van der Waals surface area contributed by atoms with Gasteiger partial charge < -0.3 is 20.1 Å². The smallest absolute Gasteiger partial charge is 0.305 e. The monoisotopic (exact) mass is 398 g/mol. The number of allylic oxidation sites excluding steroid dienone is 2. The molecular formula is C24H30O5. The number of carbonyl (C=O) groups is 1. The molecule has 1 aromatic rings. The van der Waals surface area contributed by atoms with E-state index in [1.165, 1.54) is 7.11 Å². The fourth-order valence-corrected chi connectivity index (χ4v) is 3.50. The summed E-state index contributed by atoms with van der Waals surface area (Å²) in [5.74, 6) is 5.10. The molecule has 3 N–H and O–H groups in total. The Morgan fingerprint density at radius 1 is 1.24 bits per heavy atom. The Morgan fingerprint density at radius 2 is 2.00 bits per heavy atom. The number of carbonyl (C=O) groups excluding carboxylic acids is 1. The molecule has 1 aromatic carbocycles. The number of esters is 1. The summed E-state index contributed by atoms with van der Waals surface area (Å²) >= 11 is 0. The Bertz CT molecular complexity index is 744. The molecule has 0 radical (unpaired) electrons. The zero-order valence-electron chi connectivity index (χ0n) is 16.8. The molecule has 0 saturated heterocycles. The Labute approximate surface area is 172 Å². The number of hydrogen-bond donors (Lipinski definition) is 3. The highest BCUT2D eigenvalue weighted by molar-refractivity contribution is 5.69. The van der Waals surface area contributed by atoms with E-state index < -0.39 is 18.3 Å². The molecule has 5 atom stereocenters. The van der Waals surface area contributed by atoms with Crippen molar-refractivity contribution in [1.29, 1.82) is 0 Å². The molecule has 29 heavy (non-hydrogen) atoms. The Balaban J connectivity index is 1.87. The average Bonchev–Trinajstić information content (AvgIpc) is 3.00. The van der Waals surface area contributed by atoms with Gasteiger partial charge in [0.25, 0.3) is 0 Å². The normalized spacial score (nSPS) is 25.1. The van der Waals surface area contributed by atoms with Crippen molar-refractivity contribution < 1.29 is 24.9 Å². The van der Waals surface area contributed by atoms with Crippen LogP contribution in [0.5, 0.6) is 0 Å². The van der Waals surface area contributed by atoms with E-state index in [1.54, 1.807) is 12.2 Å². The number of aliphatic hydroxyl groups is 3. The lowest BCUT2D eigenvalue weighted by atomic mass is 9.89. The molecule has 0 heterocycles. The van der Waals surface area contributed by atoms with Gasteiger partial charge in [0.1, 0.15) is 6.10 Å². The van der Waals surface area contributed by atoms with Gasteiger partial charge in [-0.05, 0) is 43.4 Å². The summed E-state index contributed by atoms with van der Waals surface area (Å²) < 4.78 is 4.61. The molecular weight excluding hydrogens is 368 g/mol. The number of hydrogen-bond acceptors (Lipinski definition) is 5. The summed E-state index contributed by atoms with van der Waals surface area (Å²) in [5, 5.41) is 30.6. The second-order valence-corrected chi connectivity index (χ2v) is 7.25. The SMILES string of the molecule is COC(=O)CCC/C=C\C[C@@H]1[C@@H](/C=C/[C@@H](O)C#Cc2ccccc2)[C@H](O)C[C@@H]1O. The minimum absolute atomic E-state index is 0.118. The maximum atomic E-state index is 11.1. The van der Waals surface area contributed by atoms with Gasteiger partial charge in [-0.15, -0.1) is 0 Å². The number of ether oxygens (including phenoxy) is 1. The third-order valence-electron chi connectivity index (χ3n) is 5.12. The fraction of sp³-hybridized carbons (Fsp3) is 0.458. The van der Waals surface area contributed by atoms with Gasteiger partial charge in [0.2, 0.25) is 0 Å². The largest absolute Gasteiger partial charge is 0.469 e. The van der Waals surface area contributed by atoms with Crippen molar-refractivity contribution in [3.63, 3.8) is 0 Å². The first-order valence-corrected chi connectivity index (χ1v) is 10.0. The summed E-state index contributed by atoms with van der Waals surface area (Å²) in [7, 11) is 1.38.